The predicted molar refractivity (Wildman–Crippen MR) is 59.1 cm³/mol. The van der Waals surface area contributed by atoms with E-state index in [1.165, 1.54) is 16.2 Å². The Bertz CT molecular complexity index is 220. The van der Waals surface area contributed by atoms with Crippen molar-refractivity contribution in [2.75, 3.05) is 18.6 Å². The van der Waals surface area contributed by atoms with E-state index in [0.29, 0.717) is 0 Å². The van der Waals surface area contributed by atoms with Gasteiger partial charge in [-0.2, -0.15) is 11.8 Å². The standard InChI is InChI=1S/C9H15NS2/c1-8-3-5-12-9(8)7-10-4-6-11-2/h3,5,10H,4,6-7H2,1-2H3. The first-order valence-corrected chi connectivity index (χ1v) is 6.34. The Kier molecular flexibility index (Phi) is 4.73. The molecule has 1 rings (SSSR count). The van der Waals surface area contributed by atoms with Crippen molar-refractivity contribution < 1.29 is 0 Å². The maximum absolute atomic E-state index is 3.42. The Morgan fingerprint density at radius 3 is 3.00 bits per heavy atom. The fraction of sp³-hybridized carbons (Fsp3) is 0.556. The molecule has 0 aliphatic rings. The zero-order valence-corrected chi connectivity index (χ0v) is 9.23. The van der Waals surface area contributed by atoms with E-state index in [4.69, 9.17) is 0 Å². The molecule has 0 radical (unpaired) electrons. The number of aryl methyl sites for hydroxylation is 1. The predicted octanol–water partition coefficient (Wildman–Crippen LogP) is 2.51. The average molecular weight is 201 g/mol. The van der Waals surface area contributed by atoms with Crippen LogP contribution in [0.15, 0.2) is 11.4 Å². The summed E-state index contributed by atoms with van der Waals surface area (Å²) >= 11 is 3.72. The normalized spacial score (nSPS) is 10.5. The molecule has 0 amide bonds. The lowest BCUT2D eigenvalue weighted by molar-refractivity contribution is 0.738. The van der Waals surface area contributed by atoms with Crippen LogP contribution in [0.2, 0.25) is 0 Å². The Morgan fingerprint density at radius 1 is 1.58 bits per heavy atom. The first kappa shape index (κ1) is 10.1. The summed E-state index contributed by atoms with van der Waals surface area (Å²) in [5.41, 5.74) is 1.41. The lowest BCUT2D eigenvalue weighted by Gasteiger charge is -2.01. The molecule has 1 aromatic heterocycles. The zero-order valence-electron chi connectivity index (χ0n) is 7.59. The van der Waals surface area contributed by atoms with Crippen LogP contribution in [-0.4, -0.2) is 18.6 Å². The molecular formula is C9H15NS2. The first-order valence-electron chi connectivity index (χ1n) is 4.07. The maximum atomic E-state index is 3.42. The topological polar surface area (TPSA) is 12.0 Å². The van der Waals surface area contributed by atoms with Crippen LogP contribution in [0.1, 0.15) is 10.4 Å². The third-order valence-electron chi connectivity index (χ3n) is 1.74. The van der Waals surface area contributed by atoms with Crippen LogP contribution in [-0.2, 0) is 6.54 Å². The minimum Gasteiger partial charge on any atom is -0.311 e. The van der Waals surface area contributed by atoms with Crippen LogP contribution in [0, 0.1) is 6.92 Å². The van der Waals surface area contributed by atoms with Crippen LogP contribution >= 0.6 is 23.1 Å². The molecule has 68 valence electrons. The summed E-state index contributed by atoms with van der Waals surface area (Å²) in [7, 11) is 0. The van der Waals surface area contributed by atoms with Crippen LogP contribution in [0.25, 0.3) is 0 Å². The van der Waals surface area contributed by atoms with Crippen molar-refractivity contribution in [2.24, 2.45) is 0 Å². The highest BCUT2D eigenvalue weighted by Gasteiger charge is 1.97. The van der Waals surface area contributed by atoms with Crippen molar-refractivity contribution in [3.05, 3.63) is 21.9 Å². The van der Waals surface area contributed by atoms with Crippen LogP contribution < -0.4 is 5.32 Å². The Balaban J connectivity index is 2.20. The molecule has 0 aliphatic carbocycles. The molecule has 0 spiro atoms. The van der Waals surface area contributed by atoms with Gasteiger partial charge in [0.25, 0.3) is 0 Å². The van der Waals surface area contributed by atoms with Crippen LogP contribution in [0.4, 0.5) is 0 Å². The average Bonchev–Trinajstić information content (AvgIpc) is 2.46. The monoisotopic (exact) mass is 201 g/mol. The second kappa shape index (κ2) is 5.62. The fourth-order valence-electron chi connectivity index (χ4n) is 0.961. The summed E-state index contributed by atoms with van der Waals surface area (Å²) in [6, 6.07) is 2.18. The largest absolute Gasteiger partial charge is 0.311 e. The third kappa shape index (κ3) is 3.17. The van der Waals surface area contributed by atoms with Gasteiger partial charge in [-0.05, 0) is 30.2 Å². The van der Waals surface area contributed by atoms with E-state index >= 15 is 0 Å². The van der Waals surface area contributed by atoms with Gasteiger partial charge in [0.05, 0.1) is 0 Å². The maximum Gasteiger partial charge on any atom is 0.0302 e. The minimum absolute atomic E-state index is 1.03. The Morgan fingerprint density at radius 2 is 2.42 bits per heavy atom. The number of rotatable bonds is 5. The van der Waals surface area contributed by atoms with Crippen LogP contribution in [0.3, 0.4) is 0 Å². The molecule has 0 aliphatic heterocycles. The van der Waals surface area contributed by atoms with Gasteiger partial charge >= 0.3 is 0 Å². The number of hydrogen-bond donors (Lipinski definition) is 1. The van der Waals surface area contributed by atoms with Gasteiger partial charge in [0.2, 0.25) is 0 Å². The number of thioether (sulfide) groups is 1. The molecule has 0 bridgehead atoms. The van der Waals surface area contributed by atoms with E-state index in [1.807, 2.05) is 23.1 Å². The van der Waals surface area contributed by atoms with Gasteiger partial charge < -0.3 is 5.32 Å². The van der Waals surface area contributed by atoms with E-state index in [1.54, 1.807) is 0 Å². The van der Waals surface area contributed by atoms with Crippen molar-refractivity contribution in [1.82, 2.24) is 5.32 Å². The smallest absolute Gasteiger partial charge is 0.0302 e. The van der Waals surface area contributed by atoms with Gasteiger partial charge in [-0.15, -0.1) is 11.3 Å². The summed E-state index contributed by atoms with van der Waals surface area (Å²) in [5.74, 6) is 1.20. The minimum atomic E-state index is 1.03. The summed E-state index contributed by atoms with van der Waals surface area (Å²) in [5, 5.41) is 5.57. The van der Waals surface area contributed by atoms with Crippen molar-refractivity contribution in [2.45, 2.75) is 13.5 Å². The molecule has 3 heteroatoms. The highest BCUT2D eigenvalue weighted by atomic mass is 32.2. The molecular weight excluding hydrogens is 186 g/mol. The molecule has 0 fully saturated rings. The second-order valence-electron chi connectivity index (χ2n) is 2.70. The molecule has 0 unspecified atom stereocenters. The van der Waals surface area contributed by atoms with Crippen molar-refractivity contribution in [3.63, 3.8) is 0 Å². The zero-order chi connectivity index (χ0) is 8.81. The van der Waals surface area contributed by atoms with Gasteiger partial charge in [0.15, 0.2) is 0 Å². The van der Waals surface area contributed by atoms with E-state index in [2.05, 4.69) is 29.9 Å². The van der Waals surface area contributed by atoms with Gasteiger partial charge in [0.1, 0.15) is 0 Å². The van der Waals surface area contributed by atoms with E-state index in [-0.39, 0.29) is 0 Å². The number of nitrogens with one attached hydrogen (secondary N) is 1. The summed E-state index contributed by atoms with van der Waals surface area (Å²) < 4.78 is 0. The quantitative estimate of drug-likeness (QED) is 0.735. The number of thiophene rings is 1. The van der Waals surface area contributed by atoms with E-state index in [0.717, 1.165) is 13.1 Å². The van der Waals surface area contributed by atoms with Gasteiger partial charge in [0, 0.05) is 23.7 Å². The third-order valence-corrected chi connectivity index (χ3v) is 3.37. The molecule has 1 heterocycles. The van der Waals surface area contributed by atoms with Gasteiger partial charge in [-0.3, -0.25) is 0 Å². The molecule has 0 aromatic carbocycles. The lowest BCUT2D eigenvalue weighted by Crippen LogP contribution is -2.15. The summed E-state index contributed by atoms with van der Waals surface area (Å²) in [6.45, 7) is 4.31. The van der Waals surface area contributed by atoms with Crippen molar-refractivity contribution in [1.29, 1.82) is 0 Å². The highest BCUT2D eigenvalue weighted by molar-refractivity contribution is 7.98. The van der Waals surface area contributed by atoms with E-state index in [9.17, 15) is 0 Å². The van der Waals surface area contributed by atoms with Crippen LogP contribution in [0.5, 0.6) is 0 Å². The lowest BCUT2D eigenvalue weighted by atomic mass is 10.3. The fourth-order valence-corrected chi connectivity index (χ4v) is 2.19. The first-order chi connectivity index (χ1) is 5.84. The summed E-state index contributed by atoms with van der Waals surface area (Å²) in [6.07, 6.45) is 2.14. The Hall–Kier alpha value is 0.0100. The Labute approximate surface area is 82.6 Å². The van der Waals surface area contributed by atoms with E-state index < -0.39 is 0 Å². The SMILES string of the molecule is CSCCNCc1sccc1C. The molecule has 1 N–H and O–H groups in total. The second-order valence-corrected chi connectivity index (χ2v) is 4.68. The van der Waals surface area contributed by atoms with Crippen molar-refractivity contribution >= 4 is 23.1 Å². The highest BCUT2D eigenvalue weighted by Crippen LogP contribution is 2.14. The van der Waals surface area contributed by atoms with Gasteiger partial charge in [-0.1, -0.05) is 0 Å². The summed E-state index contributed by atoms with van der Waals surface area (Å²) in [4.78, 5) is 1.47. The molecule has 1 nitrogen and oxygen atoms in total. The molecule has 1 aromatic rings. The van der Waals surface area contributed by atoms with Gasteiger partial charge in [-0.25, -0.2) is 0 Å². The molecule has 0 saturated carbocycles. The van der Waals surface area contributed by atoms with Crippen molar-refractivity contribution in [3.8, 4) is 0 Å². The molecule has 0 atom stereocenters. The number of hydrogen-bond acceptors (Lipinski definition) is 3. The molecule has 12 heavy (non-hydrogen) atoms. The molecule has 0 saturated heterocycles.